The predicted octanol–water partition coefficient (Wildman–Crippen LogP) is -1.14. The Morgan fingerprint density at radius 2 is 1.40 bits per heavy atom. The monoisotopic (exact) mass is 71.1 g/mol. The second-order valence-electron chi connectivity index (χ2n) is 1.35. The second-order valence-corrected chi connectivity index (χ2v) is 1.35. The second kappa shape index (κ2) is 0.640. The van der Waals surface area contributed by atoms with Gasteiger partial charge in [0.1, 0.15) is 6.42 Å². The molecule has 1 aliphatic carbocycles. The average Bonchev–Trinajstić information content (AvgIpc) is 1.79. The minimum Gasteiger partial charge on any atom is -0.285 e. The lowest BCUT2D eigenvalue weighted by Gasteiger charge is -1.57. The van der Waals surface area contributed by atoms with Crippen molar-refractivity contribution >= 4 is 0 Å². The SMILES string of the molecule is NC1[CH+]C1N. The zero-order valence-electron chi connectivity index (χ0n) is 2.89. The van der Waals surface area contributed by atoms with Crippen LogP contribution in [0.5, 0.6) is 0 Å². The maximum Gasteiger partial charge on any atom is 0.205 e. The topological polar surface area (TPSA) is 52.0 Å². The summed E-state index contributed by atoms with van der Waals surface area (Å²) in [6, 6.07) is 0.407. The van der Waals surface area contributed by atoms with E-state index in [0.29, 0.717) is 0 Å². The van der Waals surface area contributed by atoms with Crippen LogP contribution in [0.3, 0.4) is 0 Å². The first-order chi connectivity index (χ1) is 2.30. The third-order valence-electron chi connectivity index (χ3n) is 0.748. The molecule has 0 bridgehead atoms. The summed E-state index contributed by atoms with van der Waals surface area (Å²) in [5, 5.41) is 0. The quantitative estimate of drug-likeness (QED) is 0.355. The highest BCUT2D eigenvalue weighted by atomic mass is 14.9. The number of nitrogens with two attached hydrogens (primary N) is 2. The van der Waals surface area contributed by atoms with E-state index in [-0.39, 0.29) is 12.1 Å². The molecule has 1 rings (SSSR count). The highest BCUT2D eigenvalue weighted by molar-refractivity contribution is 5.14. The fourth-order valence-electron chi connectivity index (χ4n) is 0.192. The molecule has 0 amide bonds. The Balaban J connectivity index is 2.20. The summed E-state index contributed by atoms with van der Waals surface area (Å²) in [5.74, 6) is 0. The molecule has 0 saturated heterocycles. The molecule has 2 heteroatoms. The molecule has 4 N–H and O–H groups in total. The summed E-state index contributed by atoms with van der Waals surface area (Å²) in [6.07, 6.45) is 1.89. The third kappa shape index (κ3) is 0.362. The molecule has 0 heterocycles. The largest absolute Gasteiger partial charge is 0.285 e. The molecular weight excluding hydrogens is 64.0 g/mol. The predicted molar refractivity (Wildman–Crippen MR) is 20.3 cm³/mol. The summed E-state index contributed by atoms with van der Waals surface area (Å²) < 4.78 is 0. The normalized spacial score (nSPS) is 47.6. The Morgan fingerprint density at radius 1 is 1.20 bits per heavy atom. The van der Waals surface area contributed by atoms with Crippen molar-refractivity contribution in [1.29, 1.82) is 0 Å². The van der Waals surface area contributed by atoms with Crippen molar-refractivity contribution < 1.29 is 0 Å². The van der Waals surface area contributed by atoms with Crippen molar-refractivity contribution in [2.24, 2.45) is 11.5 Å². The van der Waals surface area contributed by atoms with E-state index in [1.807, 2.05) is 6.42 Å². The smallest absolute Gasteiger partial charge is 0.205 e. The Labute approximate surface area is 31.1 Å². The molecular formula is C3H7N2+. The van der Waals surface area contributed by atoms with Crippen molar-refractivity contribution in [1.82, 2.24) is 0 Å². The van der Waals surface area contributed by atoms with Gasteiger partial charge in [-0.15, -0.1) is 0 Å². The molecule has 2 unspecified atom stereocenters. The van der Waals surface area contributed by atoms with Gasteiger partial charge in [0.15, 0.2) is 0 Å². The number of hydrogen-bond donors (Lipinski definition) is 2. The zero-order valence-corrected chi connectivity index (χ0v) is 2.89. The van der Waals surface area contributed by atoms with Gasteiger partial charge < -0.3 is 0 Å². The van der Waals surface area contributed by atoms with Crippen molar-refractivity contribution in [3.8, 4) is 0 Å². The molecule has 1 saturated carbocycles. The molecule has 1 fully saturated rings. The van der Waals surface area contributed by atoms with Gasteiger partial charge in [-0.3, -0.25) is 11.5 Å². The van der Waals surface area contributed by atoms with Crippen LogP contribution < -0.4 is 11.5 Å². The molecule has 2 atom stereocenters. The zero-order chi connectivity index (χ0) is 3.86. The van der Waals surface area contributed by atoms with E-state index < -0.39 is 0 Å². The van der Waals surface area contributed by atoms with E-state index in [1.165, 1.54) is 0 Å². The average molecular weight is 71.1 g/mol. The van der Waals surface area contributed by atoms with Gasteiger partial charge in [0.25, 0.3) is 0 Å². The highest BCUT2D eigenvalue weighted by Gasteiger charge is 2.44. The summed E-state index contributed by atoms with van der Waals surface area (Å²) >= 11 is 0. The highest BCUT2D eigenvalue weighted by Crippen LogP contribution is 2.10. The van der Waals surface area contributed by atoms with E-state index in [2.05, 4.69) is 0 Å². The Hall–Kier alpha value is -0.210. The first kappa shape index (κ1) is 3.00. The molecule has 5 heavy (non-hydrogen) atoms. The van der Waals surface area contributed by atoms with Crippen molar-refractivity contribution in [2.45, 2.75) is 12.1 Å². The van der Waals surface area contributed by atoms with E-state index in [4.69, 9.17) is 11.5 Å². The molecule has 2 nitrogen and oxygen atoms in total. The van der Waals surface area contributed by atoms with E-state index in [9.17, 15) is 0 Å². The Morgan fingerprint density at radius 3 is 1.40 bits per heavy atom. The fraction of sp³-hybridized carbons (Fsp3) is 0.667. The Bertz CT molecular complexity index is 38.2. The van der Waals surface area contributed by atoms with Crippen molar-refractivity contribution in [2.75, 3.05) is 0 Å². The van der Waals surface area contributed by atoms with Gasteiger partial charge in [0.05, 0.1) is 0 Å². The first-order valence-electron chi connectivity index (χ1n) is 1.67. The molecule has 0 aliphatic heterocycles. The van der Waals surface area contributed by atoms with E-state index >= 15 is 0 Å². The van der Waals surface area contributed by atoms with Crippen LogP contribution in [0.4, 0.5) is 0 Å². The minimum absolute atomic E-state index is 0.204. The van der Waals surface area contributed by atoms with Crippen LogP contribution in [-0.2, 0) is 0 Å². The molecule has 0 aromatic rings. The standard InChI is InChI=1S/C3H7N2/c4-2-1-3(2)5/h1-3H,4-5H2/q+1. The Kier molecular flexibility index (Phi) is 0.384. The van der Waals surface area contributed by atoms with Crippen LogP contribution in [-0.4, -0.2) is 12.1 Å². The van der Waals surface area contributed by atoms with Crippen molar-refractivity contribution in [3.05, 3.63) is 6.42 Å². The van der Waals surface area contributed by atoms with Crippen LogP contribution in [0.1, 0.15) is 0 Å². The lowest BCUT2D eigenvalue weighted by atomic mass is 10.7. The maximum absolute atomic E-state index is 5.19. The van der Waals surface area contributed by atoms with Crippen LogP contribution in [0, 0.1) is 6.42 Å². The van der Waals surface area contributed by atoms with Crippen LogP contribution in [0.15, 0.2) is 0 Å². The minimum atomic E-state index is 0.204. The van der Waals surface area contributed by atoms with Gasteiger partial charge in [-0.05, 0) is 0 Å². The fourth-order valence-corrected chi connectivity index (χ4v) is 0.192. The number of hydrogen-bond acceptors (Lipinski definition) is 2. The third-order valence-corrected chi connectivity index (χ3v) is 0.748. The van der Waals surface area contributed by atoms with Crippen LogP contribution in [0.25, 0.3) is 0 Å². The van der Waals surface area contributed by atoms with Gasteiger partial charge in [-0.25, -0.2) is 0 Å². The number of rotatable bonds is 0. The van der Waals surface area contributed by atoms with Gasteiger partial charge in [-0.1, -0.05) is 0 Å². The molecule has 28 valence electrons. The molecule has 0 aromatic carbocycles. The van der Waals surface area contributed by atoms with Gasteiger partial charge in [-0.2, -0.15) is 0 Å². The van der Waals surface area contributed by atoms with Gasteiger partial charge >= 0.3 is 0 Å². The lowest BCUT2D eigenvalue weighted by molar-refractivity contribution is 0.962. The van der Waals surface area contributed by atoms with Crippen LogP contribution >= 0.6 is 0 Å². The summed E-state index contributed by atoms with van der Waals surface area (Å²) in [7, 11) is 0. The molecule has 1 aliphatic rings. The summed E-state index contributed by atoms with van der Waals surface area (Å²) in [6.45, 7) is 0. The maximum atomic E-state index is 5.19. The summed E-state index contributed by atoms with van der Waals surface area (Å²) in [4.78, 5) is 0. The van der Waals surface area contributed by atoms with Crippen molar-refractivity contribution in [3.63, 3.8) is 0 Å². The van der Waals surface area contributed by atoms with E-state index in [1.54, 1.807) is 0 Å². The summed E-state index contributed by atoms with van der Waals surface area (Å²) in [5.41, 5.74) is 10.4. The van der Waals surface area contributed by atoms with Crippen LogP contribution in [0.2, 0.25) is 0 Å². The molecule has 0 radical (unpaired) electrons. The molecule has 0 spiro atoms. The van der Waals surface area contributed by atoms with Gasteiger partial charge in [0.2, 0.25) is 12.1 Å². The molecule has 0 aromatic heterocycles. The van der Waals surface area contributed by atoms with Gasteiger partial charge in [0, 0.05) is 0 Å². The lowest BCUT2D eigenvalue weighted by Crippen LogP contribution is -2.12. The van der Waals surface area contributed by atoms with E-state index in [0.717, 1.165) is 0 Å². The first-order valence-corrected chi connectivity index (χ1v) is 1.67.